The Bertz CT molecular complexity index is 816. The van der Waals surface area contributed by atoms with Crippen LogP contribution in [0.4, 0.5) is 11.5 Å². The highest BCUT2D eigenvalue weighted by molar-refractivity contribution is 5.93. The number of hydrogen-bond acceptors (Lipinski definition) is 5. The SMILES string of the molecule is COc1cc2c(cc1OC)CN(c1ccc(NC(=O)C3CC3)nc1)CC2. The predicted octanol–water partition coefficient (Wildman–Crippen LogP) is 3.01. The fourth-order valence-electron chi connectivity index (χ4n) is 3.32. The monoisotopic (exact) mass is 353 g/mol. The number of anilines is 2. The van der Waals surface area contributed by atoms with Gasteiger partial charge in [-0.15, -0.1) is 0 Å². The van der Waals surface area contributed by atoms with Crippen LogP contribution in [0.2, 0.25) is 0 Å². The molecule has 0 unspecified atom stereocenters. The van der Waals surface area contributed by atoms with Crippen LogP contribution in [0.3, 0.4) is 0 Å². The van der Waals surface area contributed by atoms with Crippen LogP contribution in [0.5, 0.6) is 11.5 Å². The van der Waals surface area contributed by atoms with Crippen LogP contribution in [0.25, 0.3) is 0 Å². The van der Waals surface area contributed by atoms with E-state index in [0.29, 0.717) is 5.82 Å². The third-order valence-electron chi connectivity index (χ3n) is 5.03. The van der Waals surface area contributed by atoms with Gasteiger partial charge in [-0.3, -0.25) is 4.79 Å². The second kappa shape index (κ2) is 6.86. The van der Waals surface area contributed by atoms with E-state index in [1.807, 2.05) is 18.3 Å². The highest BCUT2D eigenvalue weighted by Gasteiger charge is 2.29. The number of rotatable bonds is 5. The second-order valence-electron chi connectivity index (χ2n) is 6.81. The number of ether oxygens (including phenoxy) is 2. The van der Waals surface area contributed by atoms with Crippen LogP contribution in [-0.4, -0.2) is 31.7 Å². The Balaban J connectivity index is 1.48. The van der Waals surface area contributed by atoms with Crippen molar-refractivity contribution in [3.05, 3.63) is 41.6 Å². The molecule has 1 aromatic carbocycles. The lowest BCUT2D eigenvalue weighted by Gasteiger charge is -2.31. The van der Waals surface area contributed by atoms with E-state index in [1.54, 1.807) is 14.2 Å². The molecule has 1 saturated carbocycles. The molecule has 0 saturated heterocycles. The zero-order valence-electron chi connectivity index (χ0n) is 15.1. The van der Waals surface area contributed by atoms with Crippen LogP contribution >= 0.6 is 0 Å². The molecule has 1 aromatic heterocycles. The van der Waals surface area contributed by atoms with Crippen molar-refractivity contribution >= 4 is 17.4 Å². The van der Waals surface area contributed by atoms with Crippen LogP contribution < -0.4 is 19.7 Å². The van der Waals surface area contributed by atoms with Gasteiger partial charge in [-0.1, -0.05) is 0 Å². The average molecular weight is 353 g/mol. The third kappa shape index (κ3) is 3.31. The minimum Gasteiger partial charge on any atom is -0.493 e. The van der Waals surface area contributed by atoms with Crippen molar-refractivity contribution in [3.8, 4) is 11.5 Å². The van der Waals surface area contributed by atoms with Gasteiger partial charge < -0.3 is 19.7 Å². The number of carbonyl (C=O) groups is 1. The first-order valence-electron chi connectivity index (χ1n) is 8.93. The summed E-state index contributed by atoms with van der Waals surface area (Å²) in [4.78, 5) is 18.5. The maximum atomic E-state index is 11.8. The average Bonchev–Trinajstić information content (AvgIpc) is 3.52. The molecule has 0 atom stereocenters. The van der Waals surface area contributed by atoms with E-state index in [4.69, 9.17) is 9.47 Å². The molecule has 1 aliphatic heterocycles. The highest BCUT2D eigenvalue weighted by Crippen LogP contribution is 2.34. The molecule has 2 aliphatic rings. The van der Waals surface area contributed by atoms with Gasteiger partial charge in [-0.2, -0.15) is 0 Å². The molecule has 2 aromatic rings. The number of methoxy groups -OCH3 is 2. The summed E-state index contributed by atoms with van der Waals surface area (Å²) in [6, 6.07) is 8.01. The summed E-state index contributed by atoms with van der Waals surface area (Å²) in [5.74, 6) is 2.41. The maximum Gasteiger partial charge on any atom is 0.228 e. The lowest BCUT2D eigenvalue weighted by Crippen LogP contribution is -2.30. The minimum atomic E-state index is 0.0817. The molecule has 0 radical (unpaired) electrons. The topological polar surface area (TPSA) is 63.7 Å². The van der Waals surface area contributed by atoms with Crippen molar-refractivity contribution < 1.29 is 14.3 Å². The molecule has 0 spiro atoms. The summed E-state index contributed by atoms with van der Waals surface area (Å²) in [6.07, 6.45) is 4.75. The van der Waals surface area contributed by atoms with Crippen LogP contribution in [0.1, 0.15) is 24.0 Å². The van der Waals surface area contributed by atoms with Gasteiger partial charge in [-0.05, 0) is 54.7 Å². The molecule has 4 rings (SSSR count). The van der Waals surface area contributed by atoms with E-state index < -0.39 is 0 Å². The number of pyridine rings is 1. The zero-order chi connectivity index (χ0) is 18.1. The van der Waals surface area contributed by atoms with Crippen molar-refractivity contribution in [3.63, 3.8) is 0 Å². The molecular formula is C20H23N3O3. The Morgan fingerprint density at radius 3 is 2.50 bits per heavy atom. The fourth-order valence-corrected chi connectivity index (χ4v) is 3.32. The molecule has 1 aliphatic carbocycles. The van der Waals surface area contributed by atoms with Crippen molar-refractivity contribution in [1.29, 1.82) is 0 Å². The van der Waals surface area contributed by atoms with Gasteiger partial charge in [-0.25, -0.2) is 4.98 Å². The molecule has 136 valence electrons. The molecule has 1 fully saturated rings. The van der Waals surface area contributed by atoms with Crippen molar-refractivity contribution in [2.24, 2.45) is 5.92 Å². The number of hydrogen-bond donors (Lipinski definition) is 1. The minimum absolute atomic E-state index is 0.0817. The Hall–Kier alpha value is -2.76. The molecule has 2 heterocycles. The van der Waals surface area contributed by atoms with E-state index in [0.717, 1.165) is 49.5 Å². The standard InChI is InChI=1S/C20H23N3O3/c1-25-17-9-14-7-8-23(12-15(14)10-18(17)26-2)16-5-6-19(21-11-16)22-20(24)13-3-4-13/h5-6,9-11,13H,3-4,7-8,12H2,1-2H3,(H,21,22,24). The summed E-state index contributed by atoms with van der Waals surface area (Å²) >= 11 is 0. The van der Waals surface area contributed by atoms with Crippen LogP contribution in [-0.2, 0) is 17.8 Å². The van der Waals surface area contributed by atoms with E-state index >= 15 is 0 Å². The van der Waals surface area contributed by atoms with Gasteiger partial charge >= 0.3 is 0 Å². The lowest BCUT2D eigenvalue weighted by molar-refractivity contribution is -0.117. The number of carbonyl (C=O) groups excluding carboxylic acids is 1. The number of benzene rings is 1. The molecule has 6 heteroatoms. The molecule has 1 amide bonds. The first-order valence-corrected chi connectivity index (χ1v) is 8.93. The Morgan fingerprint density at radius 1 is 1.15 bits per heavy atom. The first kappa shape index (κ1) is 16.7. The largest absolute Gasteiger partial charge is 0.493 e. The van der Waals surface area contributed by atoms with Crippen molar-refractivity contribution in [1.82, 2.24) is 4.98 Å². The molecule has 26 heavy (non-hydrogen) atoms. The fraction of sp³-hybridized carbons (Fsp3) is 0.400. The highest BCUT2D eigenvalue weighted by atomic mass is 16.5. The van der Waals surface area contributed by atoms with Gasteiger partial charge in [0.15, 0.2) is 11.5 Å². The van der Waals surface area contributed by atoms with Gasteiger partial charge in [0.05, 0.1) is 26.1 Å². The summed E-state index contributed by atoms with van der Waals surface area (Å²) in [7, 11) is 3.32. The molecular weight excluding hydrogens is 330 g/mol. The summed E-state index contributed by atoms with van der Waals surface area (Å²) in [5, 5.41) is 2.88. The Labute approximate surface area is 153 Å². The number of fused-ring (bicyclic) bond motifs is 1. The van der Waals surface area contributed by atoms with Gasteiger partial charge in [0.2, 0.25) is 5.91 Å². The normalized spacial score (nSPS) is 16.0. The van der Waals surface area contributed by atoms with Crippen LogP contribution in [0, 0.1) is 5.92 Å². The van der Waals surface area contributed by atoms with Crippen molar-refractivity contribution in [2.45, 2.75) is 25.8 Å². The Morgan fingerprint density at radius 2 is 1.88 bits per heavy atom. The van der Waals surface area contributed by atoms with E-state index in [-0.39, 0.29) is 11.8 Å². The molecule has 0 bridgehead atoms. The smallest absolute Gasteiger partial charge is 0.228 e. The van der Waals surface area contributed by atoms with Crippen molar-refractivity contribution in [2.75, 3.05) is 31.0 Å². The zero-order valence-corrected chi connectivity index (χ0v) is 15.1. The van der Waals surface area contributed by atoms with Crippen LogP contribution in [0.15, 0.2) is 30.5 Å². The summed E-state index contributed by atoms with van der Waals surface area (Å²) in [5.41, 5.74) is 3.58. The summed E-state index contributed by atoms with van der Waals surface area (Å²) < 4.78 is 10.8. The first-order chi connectivity index (χ1) is 12.7. The lowest BCUT2D eigenvalue weighted by atomic mass is 9.98. The quantitative estimate of drug-likeness (QED) is 0.895. The van der Waals surface area contributed by atoms with Gasteiger partial charge in [0, 0.05) is 19.0 Å². The number of nitrogens with zero attached hydrogens (tertiary/aromatic N) is 2. The van der Waals surface area contributed by atoms with E-state index in [2.05, 4.69) is 27.3 Å². The predicted molar refractivity (Wildman–Crippen MR) is 99.9 cm³/mol. The summed E-state index contributed by atoms with van der Waals surface area (Å²) in [6.45, 7) is 1.71. The van der Waals surface area contributed by atoms with Gasteiger partial charge in [0.1, 0.15) is 5.82 Å². The maximum absolute atomic E-state index is 11.8. The number of aromatic nitrogens is 1. The third-order valence-corrected chi connectivity index (χ3v) is 5.03. The molecule has 1 N–H and O–H groups in total. The number of nitrogens with one attached hydrogen (secondary N) is 1. The van der Waals surface area contributed by atoms with E-state index in [1.165, 1.54) is 11.1 Å². The number of amides is 1. The molecule has 6 nitrogen and oxygen atoms in total. The Kier molecular flexibility index (Phi) is 4.41. The van der Waals surface area contributed by atoms with Gasteiger partial charge in [0.25, 0.3) is 0 Å². The van der Waals surface area contributed by atoms with E-state index in [9.17, 15) is 4.79 Å². The second-order valence-corrected chi connectivity index (χ2v) is 6.81.